The van der Waals surface area contributed by atoms with Gasteiger partial charge in [0.1, 0.15) is 24.0 Å². The number of rotatable bonds is 10. The maximum atomic E-state index is 12.8. The van der Waals surface area contributed by atoms with E-state index >= 15 is 0 Å². The molecule has 3 aromatic rings. The molecule has 3 heterocycles. The van der Waals surface area contributed by atoms with E-state index in [1.165, 1.54) is 22.3 Å². The number of aliphatic imine (C=N–C) groups is 1. The number of hydrogen-bond acceptors (Lipinski definition) is 8. The Kier molecular flexibility index (Phi) is 8.13. The fourth-order valence-electron chi connectivity index (χ4n) is 4.09. The van der Waals surface area contributed by atoms with Crippen LogP contribution in [-0.2, 0) is 4.79 Å². The summed E-state index contributed by atoms with van der Waals surface area (Å²) in [5.74, 6) is 1.87. The highest BCUT2D eigenvalue weighted by Crippen LogP contribution is 2.34. The second-order valence-electron chi connectivity index (χ2n) is 8.86. The van der Waals surface area contributed by atoms with Crippen molar-refractivity contribution in [2.75, 3.05) is 20.3 Å². The number of hydrogen-bond donors (Lipinski definition) is 1. The summed E-state index contributed by atoms with van der Waals surface area (Å²) in [5.41, 5.74) is 2.02. The van der Waals surface area contributed by atoms with E-state index in [4.69, 9.17) is 19.6 Å². The Morgan fingerprint density at radius 2 is 1.85 bits per heavy atom. The number of hydrazone groups is 1. The van der Waals surface area contributed by atoms with E-state index in [1.807, 2.05) is 41.8 Å². The largest absolute Gasteiger partial charge is 0.493 e. The van der Waals surface area contributed by atoms with Gasteiger partial charge in [0.2, 0.25) is 5.17 Å². The van der Waals surface area contributed by atoms with E-state index in [-0.39, 0.29) is 11.4 Å². The zero-order chi connectivity index (χ0) is 27.4. The fourth-order valence-corrected chi connectivity index (χ4v) is 5.78. The zero-order valence-electron chi connectivity index (χ0n) is 21.8. The Hall–Kier alpha value is -3.89. The molecular weight excluding hydrogens is 532 g/mol. The summed E-state index contributed by atoms with van der Waals surface area (Å²) in [7, 11) is 1.56. The lowest BCUT2D eigenvalue weighted by molar-refractivity contribution is -0.114. The van der Waals surface area contributed by atoms with Gasteiger partial charge in [-0.05, 0) is 70.9 Å². The van der Waals surface area contributed by atoms with Crippen molar-refractivity contribution in [1.82, 2.24) is 5.01 Å². The van der Waals surface area contributed by atoms with Crippen molar-refractivity contribution in [2.24, 2.45) is 10.1 Å². The number of benzene rings is 2. The molecule has 0 saturated heterocycles. The Labute approximate surface area is 235 Å². The van der Waals surface area contributed by atoms with E-state index in [2.05, 4.69) is 30.0 Å². The van der Waals surface area contributed by atoms with Crippen LogP contribution in [0.4, 0.5) is 0 Å². The normalized spacial score (nSPS) is 16.6. The molecule has 0 spiro atoms. The molecule has 1 amide bonds. The Morgan fingerprint density at radius 1 is 1.05 bits per heavy atom. The van der Waals surface area contributed by atoms with E-state index in [0.717, 1.165) is 22.1 Å². The van der Waals surface area contributed by atoms with Gasteiger partial charge < -0.3 is 14.2 Å². The first-order valence-corrected chi connectivity index (χ1v) is 14.2. The van der Waals surface area contributed by atoms with E-state index in [1.54, 1.807) is 36.7 Å². The van der Waals surface area contributed by atoms with E-state index < -0.39 is 5.91 Å². The molecule has 2 aliphatic rings. The molecule has 200 valence electrons. The number of thioether (sulfide) groups is 1. The van der Waals surface area contributed by atoms with Crippen LogP contribution in [0.25, 0.3) is 6.08 Å². The molecule has 0 saturated carbocycles. The molecule has 0 bridgehead atoms. The third-order valence-electron chi connectivity index (χ3n) is 6.35. The zero-order valence-corrected chi connectivity index (χ0v) is 23.5. The Bertz CT molecular complexity index is 1480. The van der Waals surface area contributed by atoms with Crippen molar-refractivity contribution in [3.63, 3.8) is 0 Å². The van der Waals surface area contributed by atoms with Gasteiger partial charge in [-0.25, -0.2) is 0 Å². The van der Waals surface area contributed by atoms with Crippen LogP contribution in [0.2, 0.25) is 0 Å². The van der Waals surface area contributed by atoms with E-state index in [9.17, 15) is 4.79 Å². The number of para-hydroxylation sites is 1. The number of nitrogens with one attached hydrogen (secondary N) is 1. The number of amides is 1. The van der Waals surface area contributed by atoms with Crippen LogP contribution in [-0.4, -0.2) is 47.3 Å². The second-order valence-corrected chi connectivity index (χ2v) is 10.8. The summed E-state index contributed by atoms with van der Waals surface area (Å²) in [4.78, 5) is 17.9. The van der Waals surface area contributed by atoms with Crippen LogP contribution in [0, 0.1) is 5.41 Å². The molecule has 0 radical (unpaired) electrons. The van der Waals surface area contributed by atoms with Gasteiger partial charge in [0.15, 0.2) is 17.3 Å². The minimum absolute atomic E-state index is 0.0156. The molecule has 1 N–H and O–H groups in total. The molecule has 0 aliphatic carbocycles. The first-order chi connectivity index (χ1) is 19.0. The lowest BCUT2D eigenvalue weighted by Crippen LogP contribution is -2.35. The first kappa shape index (κ1) is 26.7. The number of nitrogens with zero attached hydrogens (tertiary/aromatic N) is 3. The minimum atomic E-state index is -0.476. The summed E-state index contributed by atoms with van der Waals surface area (Å²) >= 11 is 2.84. The first-order valence-electron chi connectivity index (χ1n) is 12.5. The van der Waals surface area contributed by atoms with Crippen LogP contribution < -0.4 is 14.2 Å². The average molecular weight is 561 g/mol. The summed E-state index contributed by atoms with van der Waals surface area (Å²) in [6, 6.07) is 17.3. The molecule has 1 atom stereocenters. The van der Waals surface area contributed by atoms with Gasteiger partial charge in [-0.2, -0.15) is 15.1 Å². The fraction of sp³-hybridized carbons (Fsp3) is 0.241. The highest BCUT2D eigenvalue weighted by molar-refractivity contribution is 8.27. The quantitative estimate of drug-likeness (QED) is 0.228. The van der Waals surface area contributed by atoms with Crippen molar-refractivity contribution in [3.05, 3.63) is 81.6 Å². The molecule has 0 fully saturated rings. The van der Waals surface area contributed by atoms with E-state index in [0.29, 0.717) is 41.4 Å². The molecule has 0 unspecified atom stereocenters. The number of fused-ring (bicyclic) bond motifs is 1. The monoisotopic (exact) mass is 560 g/mol. The third-order valence-corrected chi connectivity index (χ3v) is 8.29. The number of carbonyl (C=O) groups excluding carboxylic acids is 1. The predicted octanol–water partition coefficient (Wildman–Crippen LogP) is 6.40. The number of amidine groups is 2. The third kappa shape index (κ3) is 5.76. The summed E-state index contributed by atoms with van der Waals surface area (Å²) in [5, 5.41) is 17.6. The van der Waals surface area contributed by atoms with Gasteiger partial charge in [0.05, 0.1) is 17.6 Å². The van der Waals surface area contributed by atoms with Gasteiger partial charge in [-0.1, -0.05) is 44.2 Å². The summed E-state index contributed by atoms with van der Waals surface area (Å²) in [6.07, 6.45) is 2.66. The van der Waals surface area contributed by atoms with Crippen molar-refractivity contribution in [3.8, 4) is 17.2 Å². The van der Waals surface area contributed by atoms with Crippen LogP contribution in [0.1, 0.15) is 42.2 Å². The number of thiophene rings is 1. The molecule has 2 aromatic carbocycles. The standard InChI is InChI=1S/C29H28N4O4S2/c1-4-18(2)20-8-5-6-9-22(20)36-13-14-37-23-12-11-19(17-24(23)35-3)16-21-26(30)33-29(31-27(21)34)39-28(32-33)25-10-7-15-38-25/h5-12,15-18,30H,4,13-14H2,1-3H3/b21-16-,30-26?/t18-/m1/s1. The van der Waals surface area contributed by atoms with Crippen LogP contribution >= 0.6 is 23.1 Å². The molecule has 2 aliphatic heterocycles. The highest BCUT2D eigenvalue weighted by Gasteiger charge is 2.36. The van der Waals surface area contributed by atoms with Crippen LogP contribution in [0.3, 0.4) is 0 Å². The minimum Gasteiger partial charge on any atom is -0.493 e. The van der Waals surface area contributed by atoms with Gasteiger partial charge >= 0.3 is 0 Å². The van der Waals surface area contributed by atoms with Gasteiger partial charge in [-0.3, -0.25) is 10.2 Å². The summed E-state index contributed by atoms with van der Waals surface area (Å²) < 4.78 is 17.5. The highest BCUT2D eigenvalue weighted by atomic mass is 32.2. The molecule has 10 heteroatoms. The second kappa shape index (κ2) is 11.9. The number of carbonyl (C=O) groups is 1. The molecule has 1 aromatic heterocycles. The van der Waals surface area contributed by atoms with Crippen LogP contribution in [0.15, 0.2) is 75.6 Å². The lowest BCUT2D eigenvalue weighted by Gasteiger charge is -2.20. The van der Waals surface area contributed by atoms with Crippen molar-refractivity contribution in [2.45, 2.75) is 26.2 Å². The molecule has 5 rings (SSSR count). The number of ether oxygens (including phenoxy) is 3. The van der Waals surface area contributed by atoms with Crippen molar-refractivity contribution in [1.29, 1.82) is 5.41 Å². The SMILES string of the molecule is CC[C@@H](C)c1ccccc1OCCOc1ccc(/C=C2/C(=N)N3N=C(c4cccs4)SC3=NC2=O)cc1OC. The molecule has 8 nitrogen and oxygen atoms in total. The average Bonchev–Trinajstić information content (AvgIpc) is 3.64. The molecule has 39 heavy (non-hydrogen) atoms. The maximum Gasteiger partial charge on any atom is 0.283 e. The smallest absolute Gasteiger partial charge is 0.283 e. The molecular formula is C29H28N4O4S2. The van der Waals surface area contributed by atoms with Gasteiger partial charge in [-0.15, -0.1) is 11.3 Å². The number of methoxy groups -OCH3 is 1. The lowest BCUT2D eigenvalue weighted by atomic mass is 9.98. The predicted molar refractivity (Wildman–Crippen MR) is 158 cm³/mol. The van der Waals surface area contributed by atoms with Gasteiger partial charge in [0.25, 0.3) is 5.91 Å². The summed E-state index contributed by atoms with van der Waals surface area (Å²) in [6.45, 7) is 5.07. The topological polar surface area (TPSA) is 96.6 Å². The maximum absolute atomic E-state index is 12.8. The van der Waals surface area contributed by atoms with Crippen LogP contribution in [0.5, 0.6) is 17.2 Å². The van der Waals surface area contributed by atoms with Crippen molar-refractivity contribution >= 4 is 51.1 Å². The Balaban J connectivity index is 1.26. The van der Waals surface area contributed by atoms with Crippen molar-refractivity contribution < 1.29 is 19.0 Å². The Morgan fingerprint density at radius 3 is 2.59 bits per heavy atom. The van der Waals surface area contributed by atoms with Gasteiger partial charge in [0, 0.05) is 0 Å².